The number of benzene rings is 2. The van der Waals surface area contributed by atoms with E-state index in [1.807, 2.05) is 24.3 Å². The van der Waals surface area contributed by atoms with E-state index >= 15 is 0 Å². The van der Waals surface area contributed by atoms with Crippen molar-refractivity contribution >= 4 is 29.1 Å². The van der Waals surface area contributed by atoms with Crippen molar-refractivity contribution in [2.75, 3.05) is 6.61 Å². The number of carbonyl (C=O) groups is 1. The maximum absolute atomic E-state index is 12.9. The Morgan fingerprint density at radius 1 is 1.10 bits per heavy atom. The number of aromatic nitrogens is 2. The lowest BCUT2D eigenvalue weighted by atomic mass is 10.0. The number of carbonyl (C=O) groups excluding carboxylic acids is 1. The van der Waals surface area contributed by atoms with Crippen LogP contribution in [0.5, 0.6) is 5.75 Å². The van der Waals surface area contributed by atoms with E-state index in [-0.39, 0.29) is 5.91 Å². The highest BCUT2D eigenvalue weighted by Gasteiger charge is 2.29. The Kier molecular flexibility index (Phi) is 4.70. The molecule has 29 heavy (non-hydrogen) atoms. The Balaban J connectivity index is 1.67. The van der Waals surface area contributed by atoms with E-state index in [1.54, 1.807) is 22.9 Å². The summed E-state index contributed by atoms with van der Waals surface area (Å²) in [5.41, 5.74) is 9.54. The van der Waals surface area contributed by atoms with Gasteiger partial charge in [-0.05, 0) is 55.3 Å². The topological polar surface area (TPSA) is 68.2 Å². The highest BCUT2D eigenvalue weighted by Crippen LogP contribution is 2.39. The molecule has 1 aliphatic carbocycles. The molecule has 1 amide bonds. The van der Waals surface area contributed by atoms with Gasteiger partial charge in [-0.25, -0.2) is 10.1 Å². The van der Waals surface area contributed by atoms with Crippen LogP contribution >= 0.6 is 23.2 Å². The summed E-state index contributed by atoms with van der Waals surface area (Å²) in [5.74, 6) is 0.424. The van der Waals surface area contributed by atoms with Crippen molar-refractivity contribution in [3.63, 3.8) is 0 Å². The third kappa shape index (κ3) is 3.59. The zero-order chi connectivity index (χ0) is 20.0. The lowest BCUT2D eigenvalue weighted by Crippen LogP contribution is -2.39. The van der Waals surface area contributed by atoms with Gasteiger partial charge in [0.2, 0.25) is 0 Å². The molecule has 0 saturated heterocycles. The van der Waals surface area contributed by atoms with E-state index in [2.05, 4.69) is 16.0 Å². The Bertz CT molecular complexity index is 1090. The molecule has 148 valence electrons. The molecule has 2 N–H and O–H groups in total. The highest BCUT2D eigenvalue weighted by atomic mass is 35.5. The fourth-order valence-corrected chi connectivity index (χ4v) is 3.73. The normalized spacial score (nSPS) is 15.1. The summed E-state index contributed by atoms with van der Waals surface area (Å²) in [4.78, 5) is 12.9. The standard InChI is InChI=1S/C21H18Cl2N4O2/c22-12-1-6-15(7-2-12)27-20-16-8-3-13(23)11-18(16)29-10-9-17(20)19(26-27)21(28)25-24-14-4-5-14/h1-3,6-8,11,14,24H,4-5,9-10H2,(H,25,28). The van der Waals surface area contributed by atoms with Gasteiger partial charge >= 0.3 is 0 Å². The minimum Gasteiger partial charge on any atom is -0.492 e. The molecule has 2 heterocycles. The van der Waals surface area contributed by atoms with E-state index in [1.165, 1.54) is 0 Å². The molecular formula is C21H18Cl2N4O2. The van der Waals surface area contributed by atoms with Gasteiger partial charge in [-0.2, -0.15) is 5.10 Å². The van der Waals surface area contributed by atoms with Crippen molar-refractivity contribution in [3.8, 4) is 22.7 Å². The molecule has 2 aliphatic rings. The predicted molar refractivity (Wildman–Crippen MR) is 112 cm³/mol. The number of ether oxygens (including phenoxy) is 1. The van der Waals surface area contributed by atoms with Crippen LogP contribution in [0.25, 0.3) is 16.9 Å². The molecule has 0 unspecified atom stereocenters. The molecule has 0 radical (unpaired) electrons. The van der Waals surface area contributed by atoms with E-state index in [4.69, 9.17) is 27.9 Å². The number of fused-ring (bicyclic) bond motifs is 3. The van der Waals surface area contributed by atoms with Gasteiger partial charge in [0.1, 0.15) is 5.75 Å². The molecule has 1 aliphatic heterocycles. The van der Waals surface area contributed by atoms with Gasteiger partial charge in [0.25, 0.3) is 5.91 Å². The molecule has 2 aromatic carbocycles. The van der Waals surface area contributed by atoms with Crippen LogP contribution in [0.4, 0.5) is 0 Å². The molecule has 1 saturated carbocycles. The molecular weight excluding hydrogens is 411 g/mol. The largest absolute Gasteiger partial charge is 0.492 e. The third-order valence-corrected chi connectivity index (χ3v) is 5.53. The first-order valence-electron chi connectivity index (χ1n) is 9.46. The fourth-order valence-electron chi connectivity index (χ4n) is 3.44. The van der Waals surface area contributed by atoms with Crippen LogP contribution in [0.2, 0.25) is 10.0 Å². The van der Waals surface area contributed by atoms with Crippen molar-refractivity contribution in [1.82, 2.24) is 20.6 Å². The second-order valence-electron chi connectivity index (χ2n) is 7.18. The van der Waals surface area contributed by atoms with Crippen molar-refractivity contribution in [3.05, 3.63) is 63.8 Å². The monoisotopic (exact) mass is 428 g/mol. The Morgan fingerprint density at radius 2 is 1.86 bits per heavy atom. The van der Waals surface area contributed by atoms with E-state index in [0.717, 1.165) is 35.3 Å². The van der Waals surface area contributed by atoms with Crippen LogP contribution in [-0.2, 0) is 6.42 Å². The number of rotatable bonds is 4. The van der Waals surface area contributed by atoms with Crippen molar-refractivity contribution in [2.45, 2.75) is 25.3 Å². The zero-order valence-corrected chi connectivity index (χ0v) is 16.9. The first kappa shape index (κ1) is 18.5. The minimum absolute atomic E-state index is 0.252. The van der Waals surface area contributed by atoms with Gasteiger partial charge in [0, 0.05) is 33.6 Å². The quantitative estimate of drug-likeness (QED) is 0.611. The van der Waals surface area contributed by atoms with E-state index in [0.29, 0.717) is 40.6 Å². The Hall–Kier alpha value is -2.54. The number of halogens is 2. The fraction of sp³-hybridized carbons (Fsp3) is 0.238. The second kappa shape index (κ2) is 7.37. The van der Waals surface area contributed by atoms with Gasteiger partial charge in [-0.3, -0.25) is 10.2 Å². The molecule has 1 fully saturated rings. The molecule has 3 aromatic rings. The highest BCUT2D eigenvalue weighted by molar-refractivity contribution is 6.31. The summed E-state index contributed by atoms with van der Waals surface area (Å²) < 4.78 is 7.71. The molecule has 0 atom stereocenters. The van der Waals surface area contributed by atoms with E-state index in [9.17, 15) is 4.79 Å². The summed E-state index contributed by atoms with van der Waals surface area (Å²) in [6, 6.07) is 13.2. The lowest BCUT2D eigenvalue weighted by Gasteiger charge is -2.11. The number of hydrazine groups is 1. The maximum atomic E-state index is 12.9. The summed E-state index contributed by atoms with van der Waals surface area (Å²) in [5, 5.41) is 5.91. The van der Waals surface area contributed by atoms with Crippen LogP contribution in [-0.4, -0.2) is 28.3 Å². The molecule has 8 heteroatoms. The van der Waals surface area contributed by atoms with Gasteiger partial charge in [0.05, 0.1) is 18.0 Å². The van der Waals surface area contributed by atoms with Crippen LogP contribution in [0.3, 0.4) is 0 Å². The number of hydrogen-bond acceptors (Lipinski definition) is 4. The number of amides is 1. The molecule has 0 spiro atoms. The van der Waals surface area contributed by atoms with Gasteiger partial charge in [-0.15, -0.1) is 0 Å². The average Bonchev–Trinajstić information content (AvgIpc) is 3.50. The van der Waals surface area contributed by atoms with Crippen LogP contribution in [0, 0.1) is 0 Å². The molecule has 0 bridgehead atoms. The maximum Gasteiger partial charge on any atom is 0.286 e. The first-order chi connectivity index (χ1) is 14.1. The minimum atomic E-state index is -0.252. The van der Waals surface area contributed by atoms with Crippen LogP contribution < -0.4 is 15.6 Å². The average molecular weight is 429 g/mol. The molecule has 6 nitrogen and oxygen atoms in total. The van der Waals surface area contributed by atoms with Crippen molar-refractivity contribution < 1.29 is 9.53 Å². The number of hydrogen-bond donors (Lipinski definition) is 2. The third-order valence-electron chi connectivity index (χ3n) is 5.05. The van der Waals surface area contributed by atoms with Crippen molar-refractivity contribution in [1.29, 1.82) is 0 Å². The van der Waals surface area contributed by atoms with Gasteiger partial charge in [0.15, 0.2) is 5.69 Å². The second-order valence-corrected chi connectivity index (χ2v) is 8.05. The molecule has 1 aromatic heterocycles. The predicted octanol–water partition coefficient (Wildman–Crippen LogP) is 4.18. The van der Waals surface area contributed by atoms with E-state index < -0.39 is 0 Å². The number of nitrogens with zero attached hydrogens (tertiary/aromatic N) is 2. The Labute approximate surface area is 177 Å². The first-order valence-corrected chi connectivity index (χ1v) is 10.2. The summed E-state index contributed by atoms with van der Waals surface area (Å²) >= 11 is 12.2. The SMILES string of the molecule is O=C(NNC1CC1)c1nn(-c2ccc(Cl)cc2)c2c1CCOc1cc(Cl)ccc1-2. The molecule has 5 rings (SSSR count). The zero-order valence-electron chi connectivity index (χ0n) is 15.4. The lowest BCUT2D eigenvalue weighted by molar-refractivity contribution is 0.0925. The van der Waals surface area contributed by atoms with Gasteiger partial charge in [-0.1, -0.05) is 23.2 Å². The Morgan fingerprint density at radius 3 is 2.62 bits per heavy atom. The summed E-state index contributed by atoms with van der Waals surface area (Å²) in [7, 11) is 0. The summed E-state index contributed by atoms with van der Waals surface area (Å²) in [6.45, 7) is 0.434. The van der Waals surface area contributed by atoms with Crippen LogP contribution in [0.15, 0.2) is 42.5 Å². The van der Waals surface area contributed by atoms with Crippen molar-refractivity contribution in [2.24, 2.45) is 0 Å². The smallest absolute Gasteiger partial charge is 0.286 e. The number of nitrogens with one attached hydrogen (secondary N) is 2. The van der Waals surface area contributed by atoms with Crippen LogP contribution in [0.1, 0.15) is 28.9 Å². The van der Waals surface area contributed by atoms with Gasteiger partial charge < -0.3 is 4.74 Å². The summed E-state index contributed by atoms with van der Waals surface area (Å²) in [6.07, 6.45) is 2.69.